The number of benzene rings is 1. The van der Waals surface area contributed by atoms with E-state index in [-0.39, 0.29) is 5.91 Å². The van der Waals surface area contributed by atoms with Crippen molar-refractivity contribution >= 4 is 5.91 Å². The fraction of sp³-hybridized carbons (Fsp3) is 0.500. The Morgan fingerprint density at radius 1 is 1.31 bits per heavy atom. The number of hydrogen-bond donors (Lipinski definition) is 0. The number of carbonyl (C=O) groups is 1. The lowest BCUT2D eigenvalue weighted by Gasteiger charge is -2.26. The maximum absolute atomic E-state index is 11.8. The Morgan fingerprint density at radius 3 is 2.62 bits per heavy atom. The Labute approximate surface area is 98.3 Å². The van der Waals surface area contributed by atoms with E-state index in [4.69, 9.17) is 0 Å². The zero-order valence-electron chi connectivity index (χ0n) is 10.7. The predicted molar refractivity (Wildman–Crippen MR) is 67.8 cm³/mol. The molecule has 2 rings (SSSR count). The second-order valence-corrected chi connectivity index (χ2v) is 3.77. The van der Waals surface area contributed by atoms with Crippen molar-refractivity contribution in [2.45, 2.75) is 33.6 Å². The number of fused-ring (bicyclic) bond motifs is 1. The van der Waals surface area contributed by atoms with Crippen molar-refractivity contribution in [3.8, 4) is 0 Å². The molecule has 0 saturated carbocycles. The minimum absolute atomic E-state index is 0.168. The van der Waals surface area contributed by atoms with Crippen LogP contribution in [0.5, 0.6) is 0 Å². The van der Waals surface area contributed by atoms with Gasteiger partial charge >= 0.3 is 0 Å². The van der Waals surface area contributed by atoms with Gasteiger partial charge in [-0.15, -0.1) is 0 Å². The Morgan fingerprint density at radius 2 is 2.00 bits per heavy atom. The van der Waals surface area contributed by atoms with Crippen LogP contribution in [0.3, 0.4) is 0 Å². The summed E-state index contributed by atoms with van der Waals surface area (Å²) in [6.45, 7) is 6.99. The second-order valence-electron chi connectivity index (χ2n) is 3.77. The van der Waals surface area contributed by atoms with Gasteiger partial charge in [0.1, 0.15) is 0 Å². The molecule has 1 aliphatic heterocycles. The highest BCUT2D eigenvalue weighted by molar-refractivity contribution is 5.96. The van der Waals surface area contributed by atoms with Crippen LogP contribution in [0, 0.1) is 0 Å². The number of amides is 1. The van der Waals surface area contributed by atoms with Crippen molar-refractivity contribution in [2.24, 2.45) is 0 Å². The van der Waals surface area contributed by atoms with Crippen LogP contribution in [0.4, 0.5) is 0 Å². The summed E-state index contributed by atoms with van der Waals surface area (Å²) in [6, 6.07) is 6.04. The molecular formula is C14H21NO. The fourth-order valence-corrected chi connectivity index (χ4v) is 2.05. The minimum atomic E-state index is 0.168. The first-order valence-electron chi connectivity index (χ1n) is 6.10. The van der Waals surface area contributed by atoms with E-state index in [1.165, 1.54) is 11.1 Å². The van der Waals surface area contributed by atoms with E-state index < -0.39 is 0 Å². The molecule has 0 bridgehead atoms. The van der Waals surface area contributed by atoms with E-state index >= 15 is 0 Å². The summed E-state index contributed by atoms with van der Waals surface area (Å²) in [4.78, 5) is 13.6. The Kier molecular flexibility index (Phi) is 4.53. The molecule has 0 aromatic heterocycles. The zero-order chi connectivity index (χ0) is 12.1. The van der Waals surface area contributed by atoms with E-state index in [9.17, 15) is 4.79 Å². The number of rotatable bonds is 1. The summed E-state index contributed by atoms with van der Waals surface area (Å²) >= 11 is 0. The molecule has 2 heteroatoms. The summed E-state index contributed by atoms with van der Waals surface area (Å²) in [5, 5.41) is 0. The molecule has 0 N–H and O–H groups in total. The molecule has 0 aliphatic carbocycles. The summed E-state index contributed by atoms with van der Waals surface area (Å²) in [6.07, 6.45) is 2.02. The molecule has 1 aromatic rings. The van der Waals surface area contributed by atoms with Crippen LogP contribution in [0.15, 0.2) is 18.2 Å². The Bertz CT molecular complexity index is 371. The van der Waals surface area contributed by atoms with Crippen LogP contribution in [-0.2, 0) is 12.8 Å². The maximum atomic E-state index is 11.8. The predicted octanol–water partition coefficient (Wildman–Crippen LogP) is 2.90. The van der Waals surface area contributed by atoms with Gasteiger partial charge in [-0.3, -0.25) is 4.79 Å². The highest BCUT2D eigenvalue weighted by Gasteiger charge is 2.22. The average Bonchev–Trinajstić information content (AvgIpc) is 2.36. The van der Waals surface area contributed by atoms with Gasteiger partial charge in [0, 0.05) is 19.2 Å². The van der Waals surface area contributed by atoms with Crippen molar-refractivity contribution in [3.05, 3.63) is 34.9 Å². The van der Waals surface area contributed by atoms with Crippen molar-refractivity contribution in [2.75, 3.05) is 13.6 Å². The van der Waals surface area contributed by atoms with Crippen LogP contribution < -0.4 is 0 Å². The van der Waals surface area contributed by atoms with Crippen molar-refractivity contribution in [1.29, 1.82) is 0 Å². The highest BCUT2D eigenvalue weighted by Crippen LogP contribution is 2.21. The molecule has 1 aliphatic rings. The number of hydrogen-bond acceptors (Lipinski definition) is 1. The third-order valence-corrected chi connectivity index (χ3v) is 2.93. The monoisotopic (exact) mass is 219 g/mol. The van der Waals surface area contributed by atoms with Crippen molar-refractivity contribution in [3.63, 3.8) is 0 Å². The first-order chi connectivity index (χ1) is 7.74. The smallest absolute Gasteiger partial charge is 0.253 e. The zero-order valence-corrected chi connectivity index (χ0v) is 10.7. The van der Waals surface area contributed by atoms with Gasteiger partial charge < -0.3 is 4.90 Å². The van der Waals surface area contributed by atoms with Gasteiger partial charge in [0.25, 0.3) is 5.91 Å². The van der Waals surface area contributed by atoms with E-state index in [1.54, 1.807) is 4.90 Å². The van der Waals surface area contributed by atoms with E-state index in [0.29, 0.717) is 0 Å². The summed E-state index contributed by atoms with van der Waals surface area (Å²) < 4.78 is 0. The van der Waals surface area contributed by atoms with Gasteiger partial charge in [0.05, 0.1) is 0 Å². The Balaban J connectivity index is 0.000000606. The number of likely N-dealkylation sites (N-methyl/N-ethyl adjacent to an activating group) is 1. The first-order valence-corrected chi connectivity index (χ1v) is 6.10. The normalized spacial score (nSPS) is 14.0. The maximum Gasteiger partial charge on any atom is 0.253 e. The Hall–Kier alpha value is -1.31. The summed E-state index contributed by atoms with van der Waals surface area (Å²) in [5.41, 5.74) is 3.49. The van der Waals surface area contributed by atoms with E-state index in [1.807, 2.05) is 33.0 Å². The van der Waals surface area contributed by atoms with Crippen molar-refractivity contribution in [1.82, 2.24) is 4.90 Å². The standard InChI is InChI=1S/C12H15NO.C2H6/c1-3-9-5-4-6-11-10(9)7-8-13(2)12(11)14;1-2/h4-6H,3,7-8H2,1-2H3;1-2H3. The van der Waals surface area contributed by atoms with Gasteiger partial charge in [0.15, 0.2) is 0 Å². The minimum Gasteiger partial charge on any atom is -0.341 e. The molecule has 1 aromatic carbocycles. The average molecular weight is 219 g/mol. The van der Waals surface area contributed by atoms with Gasteiger partial charge in [-0.2, -0.15) is 0 Å². The van der Waals surface area contributed by atoms with E-state index in [0.717, 1.165) is 24.9 Å². The molecule has 0 atom stereocenters. The molecule has 88 valence electrons. The molecule has 0 unspecified atom stereocenters. The molecule has 0 radical (unpaired) electrons. The molecule has 1 heterocycles. The van der Waals surface area contributed by atoms with Crippen LogP contribution in [0.2, 0.25) is 0 Å². The molecule has 0 saturated heterocycles. The SMILES string of the molecule is CC.CCc1cccc2c1CCN(C)C2=O. The van der Waals surface area contributed by atoms with Gasteiger partial charge in [-0.05, 0) is 30.0 Å². The molecule has 0 spiro atoms. The third kappa shape index (κ3) is 2.26. The largest absolute Gasteiger partial charge is 0.341 e. The van der Waals surface area contributed by atoms with Crippen molar-refractivity contribution < 1.29 is 4.79 Å². The summed E-state index contributed by atoms with van der Waals surface area (Å²) in [5.74, 6) is 0.168. The molecule has 1 amide bonds. The first kappa shape index (κ1) is 12.8. The molecule has 2 nitrogen and oxygen atoms in total. The molecular weight excluding hydrogens is 198 g/mol. The lowest BCUT2D eigenvalue weighted by Crippen LogP contribution is -2.34. The molecule has 16 heavy (non-hydrogen) atoms. The van der Waals surface area contributed by atoms with Gasteiger partial charge in [0.2, 0.25) is 0 Å². The lowest BCUT2D eigenvalue weighted by atomic mass is 9.93. The van der Waals surface area contributed by atoms with Crippen LogP contribution in [0.25, 0.3) is 0 Å². The lowest BCUT2D eigenvalue weighted by molar-refractivity contribution is 0.0780. The van der Waals surface area contributed by atoms with E-state index in [2.05, 4.69) is 13.0 Å². The number of carbonyl (C=O) groups excluding carboxylic acids is 1. The molecule has 0 fully saturated rings. The van der Waals surface area contributed by atoms with Crippen LogP contribution >= 0.6 is 0 Å². The summed E-state index contributed by atoms with van der Waals surface area (Å²) in [7, 11) is 1.86. The number of nitrogens with zero attached hydrogens (tertiary/aromatic N) is 1. The number of aryl methyl sites for hydroxylation is 1. The quantitative estimate of drug-likeness (QED) is 0.711. The highest BCUT2D eigenvalue weighted by atomic mass is 16.2. The third-order valence-electron chi connectivity index (χ3n) is 2.93. The van der Waals surface area contributed by atoms with Gasteiger partial charge in [-0.25, -0.2) is 0 Å². The van der Waals surface area contributed by atoms with Crippen LogP contribution in [0.1, 0.15) is 42.3 Å². The topological polar surface area (TPSA) is 20.3 Å². The van der Waals surface area contributed by atoms with Gasteiger partial charge in [-0.1, -0.05) is 32.9 Å². The van der Waals surface area contributed by atoms with Crippen LogP contribution in [-0.4, -0.2) is 24.4 Å². The second kappa shape index (κ2) is 5.69. The fourth-order valence-electron chi connectivity index (χ4n) is 2.05.